The largest absolute Gasteiger partial charge is 0.352 e. The Hall–Kier alpha value is -3.22. The standard InChI is InChI=1S/C22H24N4O3/c27-20(24-13-16-4-3-11-23-12-16)17-9-7-15(8-10-17)14-26-21(28)18-5-1-2-6-19(18)25-22(26)29/h1-6,11-12,15,17H,7-10,13-14H2,(H,24,27)(H,25,29). The van der Waals surface area contributed by atoms with E-state index < -0.39 is 0 Å². The molecule has 1 saturated carbocycles. The van der Waals surface area contributed by atoms with Gasteiger partial charge in [-0.1, -0.05) is 18.2 Å². The average molecular weight is 392 g/mol. The lowest BCUT2D eigenvalue weighted by Crippen LogP contribution is -2.39. The minimum Gasteiger partial charge on any atom is -0.352 e. The van der Waals surface area contributed by atoms with Gasteiger partial charge in [0.2, 0.25) is 5.91 Å². The van der Waals surface area contributed by atoms with Gasteiger partial charge in [0.25, 0.3) is 5.56 Å². The summed E-state index contributed by atoms with van der Waals surface area (Å²) in [6.07, 6.45) is 6.63. The number of pyridine rings is 1. The fraction of sp³-hybridized carbons (Fsp3) is 0.364. The van der Waals surface area contributed by atoms with Crippen LogP contribution in [0.2, 0.25) is 0 Å². The van der Waals surface area contributed by atoms with Crippen molar-refractivity contribution in [2.75, 3.05) is 0 Å². The monoisotopic (exact) mass is 392 g/mol. The third-order valence-electron chi connectivity index (χ3n) is 5.74. The van der Waals surface area contributed by atoms with E-state index in [1.807, 2.05) is 12.1 Å². The number of benzene rings is 1. The van der Waals surface area contributed by atoms with Gasteiger partial charge < -0.3 is 10.3 Å². The summed E-state index contributed by atoms with van der Waals surface area (Å²) >= 11 is 0. The van der Waals surface area contributed by atoms with Gasteiger partial charge in [-0.05, 0) is 55.4 Å². The minimum atomic E-state index is -0.370. The molecule has 0 atom stereocenters. The number of para-hydroxylation sites is 1. The summed E-state index contributed by atoms with van der Waals surface area (Å²) in [6, 6.07) is 10.8. The summed E-state index contributed by atoms with van der Waals surface area (Å²) in [6.45, 7) is 0.873. The van der Waals surface area contributed by atoms with E-state index in [0.29, 0.717) is 24.0 Å². The number of nitrogens with zero attached hydrogens (tertiary/aromatic N) is 2. The molecule has 7 heteroatoms. The second-order valence-corrected chi connectivity index (χ2v) is 7.69. The number of H-pyrrole nitrogens is 1. The molecule has 0 bridgehead atoms. The molecule has 1 aromatic carbocycles. The molecule has 0 saturated heterocycles. The van der Waals surface area contributed by atoms with E-state index in [1.54, 1.807) is 36.7 Å². The summed E-state index contributed by atoms with van der Waals surface area (Å²) in [5.74, 6) is 0.264. The Morgan fingerprint density at radius 2 is 1.90 bits per heavy atom. The van der Waals surface area contributed by atoms with E-state index in [1.165, 1.54) is 4.57 Å². The quantitative estimate of drug-likeness (QED) is 0.696. The molecule has 1 amide bonds. The maximum absolute atomic E-state index is 12.7. The fourth-order valence-corrected chi connectivity index (χ4v) is 4.07. The lowest BCUT2D eigenvalue weighted by atomic mass is 9.81. The fourth-order valence-electron chi connectivity index (χ4n) is 4.07. The number of nitrogens with one attached hydrogen (secondary N) is 2. The van der Waals surface area contributed by atoms with Crippen LogP contribution in [0.25, 0.3) is 10.9 Å². The van der Waals surface area contributed by atoms with Gasteiger partial charge in [-0.25, -0.2) is 4.79 Å². The molecular weight excluding hydrogens is 368 g/mol. The first-order chi connectivity index (χ1) is 14.1. The zero-order valence-corrected chi connectivity index (χ0v) is 16.1. The van der Waals surface area contributed by atoms with E-state index >= 15 is 0 Å². The topological polar surface area (TPSA) is 96.8 Å². The molecule has 0 unspecified atom stereocenters. The van der Waals surface area contributed by atoms with E-state index in [0.717, 1.165) is 31.2 Å². The minimum absolute atomic E-state index is 0.0190. The zero-order valence-electron chi connectivity index (χ0n) is 16.1. The van der Waals surface area contributed by atoms with Crippen LogP contribution in [0.3, 0.4) is 0 Å². The van der Waals surface area contributed by atoms with Crippen LogP contribution in [0.5, 0.6) is 0 Å². The van der Waals surface area contributed by atoms with Crippen molar-refractivity contribution in [1.82, 2.24) is 19.9 Å². The zero-order chi connectivity index (χ0) is 20.2. The van der Waals surface area contributed by atoms with Crippen LogP contribution in [-0.4, -0.2) is 20.4 Å². The lowest BCUT2D eigenvalue weighted by Gasteiger charge is -2.28. The Bertz CT molecular complexity index is 1110. The summed E-state index contributed by atoms with van der Waals surface area (Å²) in [4.78, 5) is 44.3. The van der Waals surface area contributed by atoms with E-state index in [2.05, 4.69) is 15.3 Å². The highest BCUT2D eigenvalue weighted by Crippen LogP contribution is 2.29. The summed E-state index contributed by atoms with van der Waals surface area (Å²) < 4.78 is 1.30. The molecule has 0 spiro atoms. The van der Waals surface area contributed by atoms with Crippen LogP contribution < -0.4 is 16.6 Å². The lowest BCUT2D eigenvalue weighted by molar-refractivity contribution is -0.126. The van der Waals surface area contributed by atoms with Gasteiger partial charge in [0, 0.05) is 31.4 Å². The van der Waals surface area contributed by atoms with E-state index in [9.17, 15) is 14.4 Å². The molecule has 0 radical (unpaired) electrons. The van der Waals surface area contributed by atoms with Crippen molar-refractivity contribution in [3.8, 4) is 0 Å². The summed E-state index contributed by atoms with van der Waals surface area (Å²) in [5, 5.41) is 3.51. The van der Waals surface area contributed by atoms with Gasteiger partial charge in [0.05, 0.1) is 10.9 Å². The first-order valence-electron chi connectivity index (χ1n) is 10.0. The molecular formula is C22H24N4O3. The summed E-state index contributed by atoms with van der Waals surface area (Å²) in [5.41, 5.74) is 0.919. The molecule has 1 aliphatic carbocycles. The van der Waals surface area contributed by atoms with E-state index in [4.69, 9.17) is 0 Å². The van der Waals surface area contributed by atoms with Crippen molar-refractivity contribution in [2.24, 2.45) is 11.8 Å². The molecule has 3 aromatic rings. The Morgan fingerprint density at radius 1 is 1.10 bits per heavy atom. The number of amides is 1. The Balaban J connectivity index is 1.36. The maximum Gasteiger partial charge on any atom is 0.328 e. The molecule has 1 fully saturated rings. The number of fused-ring (bicyclic) bond motifs is 1. The number of aromatic amines is 1. The predicted octanol–water partition coefficient (Wildman–Crippen LogP) is 2.21. The normalized spacial score (nSPS) is 19.2. The van der Waals surface area contributed by atoms with Gasteiger partial charge in [-0.15, -0.1) is 0 Å². The van der Waals surface area contributed by atoms with Crippen molar-refractivity contribution in [3.63, 3.8) is 0 Å². The third kappa shape index (κ3) is 4.29. The van der Waals surface area contributed by atoms with Crippen molar-refractivity contribution >= 4 is 16.8 Å². The predicted molar refractivity (Wildman–Crippen MR) is 110 cm³/mol. The number of carbonyl (C=O) groups is 1. The Kier molecular flexibility index (Phi) is 5.55. The van der Waals surface area contributed by atoms with Gasteiger partial charge >= 0.3 is 5.69 Å². The van der Waals surface area contributed by atoms with Crippen LogP contribution >= 0.6 is 0 Å². The van der Waals surface area contributed by atoms with E-state index in [-0.39, 0.29) is 29.0 Å². The van der Waals surface area contributed by atoms with Crippen LogP contribution in [0.4, 0.5) is 0 Å². The molecule has 2 heterocycles. The number of aromatic nitrogens is 3. The molecule has 2 aromatic heterocycles. The van der Waals surface area contributed by atoms with Crippen molar-refractivity contribution in [3.05, 3.63) is 75.2 Å². The van der Waals surface area contributed by atoms with Crippen molar-refractivity contribution < 1.29 is 4.79 Å². The molecule has 150 valence electrons. The Morgan fingerprint density at radius 3 is 2.66 bits per heavy atom. The van der Waals surface area contributed by atoms with Crippen LogP contribution in [-0.2, 0) is 17.9 Å². The molecule has 29 heavy (non-hydrogen) atoms. The van der Waals surface area contributed by atoms with Crippen molar-refractivity contribution in [2.45, 2.75) is 38.8 Å². The summed E-state index contributed by atoms with van der Waals surface area (Å²) in [7, 11) is 0. The number of hydrogen-bond donors (Lipinski definition) is 2. The smallest absolute Gasteiger partial charge is 0.328 e. The SMILES string of the molecule is O=C(NCc1cccnc1)C1CCC(Cn2c(=O)[nH]c3ccccc3c2=O)CC1. The molecule has 0 aliphatic heterocycles. The number of hydrogen-bond acceptors (Lipinski definition) is 4. The van der Waals surface area contributed by atoms with Crippen LogP contribution in [0.15, 0.2) is 58.4 Å². The highest BCUT2D eigenvalue weighted by Gasteiger charge is 2.27. The maximum atomic E-state index is 12.7. The molecule has 1 aliphatic rings. The average Bonchev–Trinajstić information content (AvgIpc) is 2.76. The second-order valence-electron chi connectivity index (χ2n) is 7.69. The van der Waals surface area contributed by atoms with Gasteiger partial charge in [0.15, 0.2) is 0 Å². The van der Waals surface area contributed by atoms with Crippen LogP contribution in [0.1, 0.15) is 31.2 Å². The first-order valence-corrected chi connectivity index (χ1v) is 10.0. The highest BCUT2D eigenvalue weighted by molar-refractivity contribution is 5.78. The van der Waals surface area contributed by atoms with Gasteiger partial charge in [0.1, 0.15) is 0 Å². The van der Waals surface area contributed by atoms with Gasteiger partial charge in [-0.2, -0.15) is 0 Å². The van der Waals surface area contributed by atoms with Crippen molar-refractivity contribution in [1.29, 1.82) is 0 Å². The molecule has 2 N–H and O–H groups in total. The first kappa shape index (κ1) is 19.1. The Labute approximate surface area is 167 Å². The molecule has 7 nitrogen and oxygen atoms in total. The highest BCUT2D eigenvalue weighted by atomic mass is 16.2. The van der Waals surface area contributed by atoms with Crippen LogP contribution in [0, 0.1) is 11.8 Å². The molecule has 4 rings (SSSR count). The number of carbonyl (C=O) groups excluding carboxylic acids is 1. The third-order valence-corrected chi connectivity index (χ3v) is 5.74. The second kappa shape index (κ2) is 8.43. The van der Waals surface area contributed by atoms with Gasteiger partial charge in [-0.3, -0.25) is 19.1 Å². The number of rotatable bonds is 5.